The van der Waals surface area contributed by atoms with Crippen molar-refractivity contribution < 1.29 is 4.98 Å². The van der Waals surface area contributed by atoms with Crippen LogP contribution in [0.15, 0.2) is 24.3 Å². The topological polar surface area (TPSA) is 55.9 Å². The fourth-order valence-corrected chi connectivity index (χ4v) is 1.25. The summed E-state index contributed by atoms with van der Waals surface area (Å²) in [5.41, 5.74) is 7.53. The molecule has 0 aliphatic carbocycles. The molecular formula is C8H8N3S+. The lowest BCUT2D eigenvalue weighted by Gasteiger charge is -1.93. The van der Waals surface area contributed by atoms with Crippen LogP contribution in [0.4, 0.5) is 5.82 Å². The standard InChI is InChI=1S/C8H7N3S/c9-7-8(12)11-6-4-2-1-3-5(6)10-7/h1-4H,(H2,9,10)(H,11,12)/p+1. The third-order valence-corrected chi connectivity index (χ3v) is 2.01. The fourth-order valence-electron chi connectivity index (χ4n) is 1.09. The molecule has 3 nitrogen and oxygen atoms in total. The Labute approximate surface area is 74.3 Å². The maximum atomic E-state index is 5.59. The number of hydrogen-bond donors (Lipinski definition) is 2. The molecule has 2 aromatic rings. The van der Waals surface area contributed by atoms with Crippen molar-refractivity contribution in [3.63, 3.8) is 0 Å². The molecule has 0 unspecified atom stereocenters. The first-order valence-electron chi connectivity index (χ1n) is 3.57. The molecular weight excluding hydrogens is 170 g/mol. The predicted octanol–water partition coefficient (Wildman–Crippen LogP) is 1.29. The molecule has 4 heteroatoms. The van der Waals surface area contributed by atoms with E-state index in [0.29, 0.717) is 10.5 Å². The second-order valence-corrected chi connectivity index (χ2v) is 2.95. The summed E-state index contributed by atoms with van der Waals surface area (Å²) in [6.45, 7) is 0. The van der Waals surface area contributed by atoms with Gasteiger partial charge in [0.05, 0.1) is 5.52 Å². The Morgan fingerprint density at radius 3 is 2.92 bits per heavy atom. The van der Waals surface area contributed by atoms with E-state index in [1.54, 1.807) is 0 Å². The Hall–Kier alpha value is -1.42. The third-order valence-electron chi connectivity index (χ3n) is 1.69. The van der Waals surface area contributed by atoms with Crippen LogP contribution in [0.5, 0.6) is 0 Å². The first kappa shape index (κ1) is 7.24. The van der Waals surface area contributed by atoms with Gasteiger partial charge in [0, 0.05) is 0 Å². The van der Waals surface area contributed by atoms with Crippen LogP contribution in [0.25, 0.3) is 11.0 Å². The zero-order chi connectivity index (χ0) is 8.55. The number of aromatic nitrogens is 2. The zero-order valence-corrected chi connectivity index (χ0v) is 7.11. The van der Waals surface area contributed by atoms with E-state index < -0.39 is 0 Å². The maximum absolute atomic E-state index is 5.59. The van der Waals surface area contributed by atoms with Crippen molar-refractivity contribution in [3.05, 3.63) is 28.9 Å². The number of benzene rings is 1. The largest absolute Gasteiger partial charge is 0.336 e. The van der Waals surface area contributed by atoms with Gasteiger partial charge in [0.1, 0.15) is 5.52 Å². The van der Waals surface area contributed by atoms with Gasteiger partial charge in [0.2, 0.25) is 0 Å². The molecule has 1 heterocycles. The summed E-state index contributed by atoms with van der Waals surface area (Å²) < 4.78 is 0.550. The number of nitrogens with one attached hydrogen (secondary N) is 2. The quantitative estimate of drug-likeness (QED) is 0.597. The lowest BCUT2D eigenvalue weighted by Crippen LogP contribution is -2.12. The molecule has 0 fully saturated rings. The molecule has 60 valence electrons. The fraction of sp³-hybridized carbons (Fsp3) is 0. The van der Waals surface area contributed by atoms with E-state index in [9.17, 15) is 0 Å². The number of nitrogen functional groups attached to an aromatic ring is 1. The highest BCUT2D eigenvalue weighted by Crippen LogP contribution is 2.06. The van der Waals surface area contributed by atoms with Crippen LogP contribution < -0.4 is 10.7 Å². The van der Waals surface area contributed by atoms with Crippen molar-refractivity contribution >= 4 is 29.1 Å². The van der Waals surface area contributed by atoms with Crippen LogP contribution in [-0.4, -0.2) is 4.98 Å². The second-order valence-electron chi connectivity index (χ2n) is 2.54. The third kappa shape index (κ3) is 1.06. The highest BCUT2D eigenvalue weighted by Gasteiger charge is 2.00. The van der Waals surface area contributed by atoms with Gasteiger partial charge in [-0.05, 0) is 12.1 Å². The summed E-state index contributed by atoms with van der Waals surface area (Å²) in [6.07, 6.45) is 0. The Balaban J connectivity index is 2.93. The van der Waals surface area contributed by atoms with Crippen molar-refractivity contribution in [1.82, 2.24) is 4.98 Å². The van der Waals surface area contributed by atoms with E-state index in [-0.39, 0.29) is 0 Å². The summed E-state index contributed by atoms with van der Waals surface area (Å²) in [5.74, 6) is 0.503. The molecule has 2 rings (SSSR count). The number of aromatic amines is 2. The number of hydrogen-bond acceptors (Lipinski definition) is 2. The lowest BCUT2D eigenvalue weighted by molar-refractivity contribution is -0.327. The number of anilines is 1. The van der Waals surface area contributed by atoms with Crippen LogP contribution in [-0.2, 0) is 0 Å². The molecule has 12 heavy (non-hydrogen) atoms. The molecule has 0 bridgehead atoms. The molecule has 1 aromatic carbocycles. The van der Waals surface area contributed by atoms with E-state index in [1.165, 1.54) is 0 Å². The number of fused-ring (bicyclic) bond motifs is 1. The number of nitrogens with two attached hydrogens (primary N) is 1. The van der Waals surface area contributed by atoms with Crippen molar-refractivity contribution in [2.45, 2.75) is 0 Å². The van der Waals surface area contributed by atoms with Gasteiger partial charge in [-0.3, -0.25) is 5.73 Å². The summed E-state index contributed by atoms with van der Waals surface area (Å²) in [5, 5.41) is 0. The number of H-pyrrole nitrogens is 2. The minimum Gasteiger partial charge on any atom is -0.336 e. The number of para-hydroxylation sites is 2. The van der Waals surface area contributed by atoms with Crippen LogP contribution in [0.2, 0.25) is 0 Å². The summed E-state index contributed by atoms with van der Waals surface area (Å²) in [4.78, 5) is 6.02. The van der Waals surface area contributed by atoms with Gasteiger partial charge in [0.15, 0.2) is 4.64 Å². The molecule has 0 aliphatic heterocycles. The van der Waals surface area contributed by atoms with E-state index >= 15 is 0 Å². The highest BCUT2D eigenvalue weighted by atomic mass is 32.1. The molecule has 0 aliphatic rings. The smallest absolute Gasteiger partial charge is 0.306 e. The Kier molecular flexibility index (Phi) is 1.55. The summed E-state index contributed by atoms with van der Waals surface area (Å²) in [7, 11) is 0. The van der Waals surface area contributed by atoms with Crippen molar-refractivity contribution in [3.8, 4) is 0 Å². The van der Waals surface area contributed by atoms with Gasteiger partial charge in [-0.25, -0.2) is 4.98 Å². The molecule has 0 atom stereocenters. The molecule has 0 amide bonds. The van der Waals surface area contributed by atoms with Gasteiger partial charge in [0.25, 0.3) is 0 Å². The highest BCUT2D eigenvalue weighted by molar-refractivity contribution is 7.71. The SMILES string of the molecule is Nc1[nH+]c2ccccc2[nH]c1=S. The Morgan fingerprint density at radius 2 is 2.08 bits per heavy atom. The Bertz CT molecular complexity index is 475. The molecule has 1 aromatic heterocycles. The van der Waals surface area contributed by atoms with Crippen molar-refractivity contribution in [2.24, 2.45) is 0 Å². The predicted molar refractivity (Wildman–Crippen MR) is 50.1 cm³/mol. The first-order valence-corrected chi connectivity index (χ1v) is 3.98. The summed E-state index contributed by atoms with van der Waals surface area (Å²) >= 11 is 4.97. The minimum absolute atomic E-state index is 0.503. The van der Waals surface area contributed by atoms with Gasteiger partial charge in [-0.1, -0.05) is 24.4 Å². The molecule has 0 saturated carbocycles. The van der Waals surface area contributed by atoms with E-state index in [2.05, 4.69) is 9.97 Å². The summed E-state index contributed by atoms with van der Waals surface area (Å²) in [6, 6.07) is 7.77. The van der Waals surface area contributed by atoms with Crippen LogP contribution in [0, 0.1) is 4.64 Å². The van der Waals surface area contributed by atoms with Crippen LogP contribution in [0.3, 0.4) is 0 Å². The van der Waals surface area contributed by atoms with Gasteiger partial charge < -0.3 is 4.98 Å². The molecule has 4 N–H and O–H groups in total. The monoisotopic (exact) mass is 178 g/mol. The molecule has 0 radical (unpaired) electrons. The van der Waals surface area contributed by atoms with Gasteiger partial charge in [-0.15, -0.1) is 0 Å². The van der Waals surface area contributed by atoms with Crippen LogP contribution >= 0.6 is 12.2 Å². The van der Waals surface area contributed by atoms with E-state index in [0.717, 1.165) is 11.0 Å². The van der Waals surface area contributed by atoms with E-state index in [1.807, 2.05) is 24.3 Å². The van der Waals surface area contributed by atoms with Crippen LogP contribution in [0.1, 0.15) is 0 Å². The number of rotatable bonds is 0. The van der Waals surface area contributed by atoms with Crippen molar-refractivity contribution in [1.29, 1.82) is 0 Å². The lowest BCUT2D eigenvalue weighted by atomic mass is 10.3. The van der Waals surface area contributed by atoms with E-state index in [4.69, 9.17) is 18.0 Å². The zero-order valence-electron chi connectivity index (χ0n) is 6.29. The minimum atomic E-state index is 0.503. The normalized spacial score (nSPS) is 10.3. The molecule has 0 spiro atoms. The second kappa shape index (κ2) is 2.57. The average molecular weight is 178 g/mol. The average Bonchev–Trinajstić information content (AvgIpc) is 2.07. The van der Waals surface area contributed by atoms with Gasteiger partial charge in [-0.2, -0.15) is 0 Å². The van der Waals surface area contributed by atoms with Crippen molar-refractivity contribution in [2.75, 3.05) is 5.73 Å². The maximum Gasteiger partial charge on any atom is 0.306 e. The molecule has 0 saturated heterocycles. The van der Waals surface area contributed by atoms with Gasteiger partial charge >= 0.3 is 5.82 Å². The first-order chi connectivity index (χ1) is 5.77. The Morgan fingerprint density at radius 1 is 1.33 bits per heavy atom.